The molecule has 2 nitrogen and oxygen atoms in total. The Morgan fingerprint density at radius 1 is 1.29 bits per heavy atom. The van der Waals surface area contributed by atoms with Gasteiger partial charge in [-0.3, -0.25) is 4.90 Å². The lowest BCUT2D eigenvalue weighted by Gasteiger charge is -2.48. The predicted molar refractivity (Wildman–Crippen MR) is 92.3 cm³/mol. The summed E-state index contributed by atoms with van der Waals surface area (Å²) < 4.78 is 1.16. The Labute approximate surface area is 137 Å². The normalized spacial score (nSPS) is 30.8. The van der Waals surface area contributed by atoms with Crippen LogP contribution < -0.4 is 5.32 Å². The second-order valence-electron chi connectivity index (χ2n) is 7.42. The van der Waals surface area contributed by atoms with Gasteiger partial charge in [0.05, 0.1) is 0 Å². The van der Waals surface area contributed by atoms with Gasteiger partial charge in [0.15, 0.2) is 0 Å². The van der Waals surface area contributed by atoms with Gasteiger partial charge in [-0.1, -0.05) is 41.9 Å². The van der Waals surface area contributed by atoms with Crippen molar-refractivity contribution in [1.29, 1.82) is 0 Å². The number of hydrogen-bond donors (Lipinski definition) is 1. The Morgan fingerprint density at radius 3 is 2.52 bits per heavy atom. The Balaban J connectivity index is 1.75. The molecule has 2 fully saturated rings. The quantitative estimate of drug-likeness (QED) is 0.881. The summed E-state index contributed by atoms with van der Waals surface area (Å²) in [5, 5.41) is 3.86. The van der Waals surface area contributed by atoms with Crippen molar-refractivity contribution in [1.82, 2.24) is 10.2 Å². The van der Waals surface area contributed by atoms with Gasteiger partial charge < -0.3 is 5.32 Å². The van der Waals surface area contributed by atoms with Crippen molar-refractivity contribution < 1.29 is 0 Å². The third-order valence-corrected chi connectivity index (χ3v) is 5.79. The van der Waals surface area contributed by atoms with Crippen molar-refractivity contribution >= 4 is 15.9 Å². The summed E-state index contributed by atoms with van der Waals surface area (Å²) in [4.78, 5) is 2.71. The first-order valence-electron chi connectivity index (χ1n) is 8.21. The molecule has 0 amide bonds. The van der Waals surface area contributed by atoms with E-state index in [1.54, 1.807) is 0 Å². The molecular formula is C18H27BrN2. The third kappa shape index (κ3) is 3.52. The first-order valence-corrected chi connectivity index (χ1v) is 9.01. The molecule has 1 aromatic rings. The maximum atomic E-state index is 3.86. The van der Waals surface area contributed by atoms with Gasteiger partial charge in [-0.25, -0.2) is 0 Å². The van der Waals surface area contributed by atoms with Crippen molar-refractivity contribution in [3.05, 3.63) is 34.3 Å². The maximum absolute atomic E-state index is 3.86. The minimum Gasteiger partial charge on any atom is -0.308 e. The second-order valence-corrected chi connectivity index (χ2v) is 8.33. The molecule has 1 N–H and O–H groups in total. The first kappa shape index (κ1) is 15.5. The molecule has 2 unspecified atom stereocenters. The first-order chi connectivity index (χ1) is 9.98. The van der Waals surface area contributed by atoms with E-state index in [9.17, 15) is 0 Å². The van der Waals surface area contributed by atoms with Gasteiger partial charge in [0.2, 0.25) is 0 Å². The van der Waals surface area contributed by atoms with E-state index < -0.39 is 0 Å². The number of hydrogen-bond acceptors (Lipinski definition) is 2. The van der Waals surface area contributed by atoms with Crippen molar-refractivity contribution in [3.63, 3.8) is 0 Å². The number of piperazine rings is 1. The van der Waals surface area contributed by atoms with Crippen LogP contribution in [0.4, 0.5) is 0 Å². The van der Waals surface area contributed by atoms with E-state index in [-0.39, 0.29) is 0 Å². The molecule has 2 atom stereocenters. The van der Waals surface area contributed by atoms with Gasteiger partial charge in [0.1, 0.15) is 0 Å². The molecule has 3 heteroatoms. The molecule has 0 radical (unpaired) electrons. The molecule has 2 aliphatic rings. The SMILES string of the molecule is CC(C)C1CNC(C)(C2CC2)CN1Cc1ccc(Br)cc1. The van der Waals surface area contributed by atoms with E-state index >= 15 is 0 Å². The molecule has 0 aromatic heterocycles. The zero-order valence-electron chi connectivity index (χ0n) is 13.4. The summed E-state index contributed by atoms with van der Waals surface area (Å²) >= 11 is 3.53. The number of benzene rings is 1. The average Bonchev–Trinajstić information content (AvgIpc) is 3.26. The number of nitrogens with zero attached hydrogens (tertiary/aromatic N) is 1. The van der Waals surface area contributed by atoms with Crippen molar-refractivity contribution in [2.75, 3.05) is 13.1 Å². The Morgan fingerprint density at radius 2 is 1.95 bits per heavy atom. The minimum atomic E-state index is 0.320. The van der Waals surface area contributed by atoms with Crippen LogP contribution >= 0.6 is 15.9 Å². The molecule has 21 heavy (non-hydrogen) atoms. The molecule has 1 saturated carbocycles. The van der Waals surface area contributed by atoms with Gasteiger partial charge in [0, 0.05) is 35.7 Å². The summed E-state index contributed by atoms with van der Waals surface area (Å²) in [5.74, 6) is 1.58. The number of halogens is 1. The molecule has 1 aliphatic carbocycles. The Kier molecular flexibility index (Phi) is 4.45. The van der Waals surface area contributed by atoms with Crippen LogP contribution in [-0.4, -0.2) is 29.6 Å². The van der Waals surface area contributed by atoms with Crippen LogP contribution in [0.15, 0.2) is 28.7 Å². The molecular weight excluding hydrogens is 324 g/mol. The van der Waals surface area contributed by atoms with Crippen molar-refractivity contribution in [2.45, 2.75) is 51.7 Å². The van der Waals surface area contributed by atoms with Crippen LogP contribution in [0.5, 0.6) is 0 Å². The van der Waals surface area contributed by atoms with Crippen LogP contribution in [0.25, 0.3) is 0 Å². The zero-order valence-corrected chi connectivity index (χ0v) is 15.0. The number of rotatable bonds is 4. The monoisotopic (exact) mass is 350 g/mol. The smallest absolute Gasteiger partial charge is 0.0309 e. The summed E-state index contributed by atoms with van der Waals surface area (Å²) in [6.45, 7) is 10.5. The topological polar surface area (TPSA) is 15.3 Å². The minimum absolute atomic E-state index is 0.320. The predicted octanol–water partition coefficient (Wildman–Crippen LogP) is 4.05. The van der Waals surface area contributed by atoms with Crippen LogP contribution in [0.3, 0.4) is 0 Å². The number of nitrogens with one attached hydrogen (secondary N) is 1. The molecule has 1 aromatic carbocycles. The van der Waals surface area contributed by atoms with Gasteiger partial charge in [0.25, 0.3) is 0 Å². The van der Waals surface area contributed by atoms with E-state index in [0.29, 0.717) is 17.5 Å². The third-order valence-electron chi connectivity index (χ3n) is 5.26. The lowest BCUT2D eigenvalue weighted by molar-refractivity contribution is 0.0462. The van der Waals surface area contributed by atoms with Gasteiger partial charge in [-0.2, -0.15) is 0 Å². The van der Waals surface area contributed by atoms with Crippen molar-refractivity contribution in [3.8, 4) is 0 Å². The fourth-order valence-corrected chi connectivity index (χ4v) is 3.97. The van der Waals surface area contributed by atoms with Gasteiger partial charge in [-0.15, -0.1) is 0 Å². The highest BCUT2D eigenvalue weighted by atomic mass is 79.9. The molecule has 1 heterocycles. The largest absolute Gasteiger partial charge is 0.308 e. The van der Waals surface area contributed by atoms with Crippen molar-refractivity contribution in [2.24, 2.45) is 11.8 Å². The highest BCUT2D eigenvalue weighted by molar-refractivity contribution is 9.10. The molecule has 116 valence electrons. The summed E-state index contributed by atoms with van der Waals surface area (Å²) in [6, 6.07) is 9.44. The molecule has 0 bridgehead atoms. The average molecular weight is 351 g/mol. The summed E-state index contributed by atoms with van der Waals surface area (Å²) in [6.07, 6.45) is 2.81. The van der Waals surface area contributed by atoms with Crippen LogP contribution in [0.2, 0.25) is 0 Å². The van der Waals surface area contributed by atoms with E-state index in [0.717, 1.165) is 23.5 Å². The maximum Gasteiger partial charge on any atom is 0.0309 e. The Bertz CT molecular complexity index is 480. The van der Waals surface area contributed by atoms with E-state index in [2.05, 4.69) is 71.2 Å². The zero-order chi connectivity index (χ0) is 15.0. The van der Waals surface area contributed by atoms with E-state index in [1.807, 2.05) is 0 Å². The highest BCUT2D eigenvalue weighted by Gasteiger charge is 2.46. The highest BCUT2D eigenvalue weighted by Crippen LogP contribution is 2.42. The molecule has 3 rings (SSSR count). The second kappa shape index (κ2) is 6.02. The van der Waals surface area contributed by atoms with Gasteiger partial charge in [-0.05, 0) is 49.3 Å². The van der Waals surface area contributed by atoms with Crippen LogP contribution in [0, 0.1) is 11.8 Å². The summed E-state index contributed by atoms with van der Waals surface area (Å²) in [7, 11) is 0. The van der Waals surface area contributed by atoms with Crippen LogP contribution in [-0.2, 0) is 6.54 Å². The molecule has 1 saturated heterocycles. The summed E-state index contributed by atoms with van der Waals surface area (Å²) in [5.41, 5.74) is 1.74. The molecule has 1 aliphatic heterocycles. The van der Waals surface area contributed by atoms with E-state index in [1.165, 1.54) is 24.9 Å². The molecule has 0 spiro atoms. The lowest BCUT2D eigenvalue weighted by atomic mass is 9.88. The standard InChI is InChI=1S/C18H27BrN2/c1-13(2)17-10-20-18(3,15-6-7-15)12-21(17)11-14-4-8-16(19)9-5-14/h4-5,8-9,13,15,17,20H,6-7,10-12H2,1-3H3. The van der Waals surface area contributed by atoms with Crippen LogP contribution in [0.1, 0.15) is 39.2 Å². The van der Waals surface area contributed by atoms with Gasteiger partial charge >= 0.3 is 0 Å². The lowest BCUT2D eigenvalue weighted by Crippen LogP contribution is -2.64. The fourth-order valence-electron chi connectivity index (χ4n) is 3.71. The fraction of sp³-hybridized carbons (Fsp3) is 0.667. The Hall–Kier alpha value is -0.380. The van der Waals surface area contributed by atoms with E-state index in [4.69, 9.17) is 0 Å².